The second-order valence-electron chi connectivity index (χ2n) is 6.97. The van der Waals surface area contributed by atoms with Gasteiger partial charge in [-0.15, -0.1) is 0 Å². The number of nitrogens with zero attached hydrogens (tertiary/aromatic N) is 1. The van der Waals surface area contributed by atoms with E-state index in [9.17, 15) is 18.0 Å². The number of pyridine rings is 1. The van der Waals surface area contributed by atoms with Crippen LogP contribution in [0, 0.1) is 0 Å². The zero-order valence-corrected chi connectivity index (χ0v) is 18.3. The Kier molecular flexibility index (Phi) is 6.19. The average Bonchev–Trinajstić information content (AvgIpc) is 2.73. The molecule has 0 saturated carbocycles. The maximum atomic E-state index is 13.1. The number of anilines is 1. The first-order valence-corrected chi connectivity index (χ1v) is 11.2. The molecular weight excluding hydrogens is 426 g/mol. The minimum absolute atomic E-state index is 0.0579. The lowest BCUT2D eigenvalue weighted by molar-refractivity contribution is 0.0938. The first kappa shape index (κ1) is 21.9. The highest BCUT2D eigenvalue weighted by Crippen LogP contribution is 2.25. The summed E-state index contributed by atoms with van der Waals surface area (Å²) < 4.78 is 27.3. The third-order valence-electron chi connectivity index (χ3n) is 4.94. The van der Waals surface area contributed by atoms with E-state index in [1.807, 2.05) is 13.8 Å². The summed E-state index contributed by atoms with van der Waals surface area (Å²) in [5, 5.41) is 3.36. The topological polar surface area (TPSA) is 99.3 Å². The molecule has 2 aromatic carbocycles. The summed E-state index contributed by atoms with van der Waals surface area (Å²) in [6.45, 7) is 3.76. The summed E-state index contributed by atoms with van der Waals surface area (Å²) in [5.74, 6) is -0.501. The van der Waals surface area contributed by atoms with Crippen LogP contribution < -0.4 is 15.1 Å². The number of halogens is 1. The fourth-order valence-corrected chi connectivity index (χ4v) is 4.23. The Morgan fingerprint density at radius 3 is 2.50 bits per heavy atom. The van der Waals surface area contributed by atoms with Crippen LogP contribution in [0.3, 0.4) is 0 Å². The molecule has 0 radical (unpaired) electrons. The number of sulfonamides is 1. The van der Waals surface area contributed by atoms with E-state index < -0.39 is 21.4 Å². The molecule has 2 N–H and O–H groups in total. The molecular formula is C21H22ClN3O4S. The van der Waals surface area contributed by atoms with Crippen LogP contribution in [-0.2, 0) is 10.0 Å². The number of nitrogens with one attached hydrogen (secondary N) is 2. The molecule has 158 valence electrons. The lowest BCUT2D eigenvalue weighted by Crippen LogP contribution is -2.35. The first-order valence-electron chi connectivity index (χ1n) is 9.36. The smallest absolute Gasteiger partial charge is 0.264 e. The zero-order valence-electron chi connectivity index (χ0n) is 16.8. The fraction of sp³-hybridized carbons (Fsp3) is 0.238. The van der Waals surface area contributed by atoms with Crippen LogP contribution in [0.15, 0.2) is 58.4 Å². The summed E-state index contributed by atoms with van der Waals surface area (Å²) in [4.78, 5) is 28.1. The molecule has 1 amide bonds. The molecule has 1 atom stereocenters. The molecule has 1 aromatic heterocycles. The predicted molar refractivity (Wildman–Crippen MR) is 119 cm³/mol. The van der Waals surface area contributed by atoms with Gasteiger partial charge in [-0.3, -0.25) is 13.9 Å². The minimum atomic E-state index is -3.93. The normalized spacial score (nSPS) is 12.5. The number of H-pyrrole nitrogens is 1. The fourth-order valence-electron chi connectivity index (χ4n) is 2.88. The molecule has 7 nitrogen and oxygen atoms in total. The first-order chi connectivity index (χ1) is 14.1. The van der Waals surface area contributed by atoms with Crippen LogP contribution in [0.25, 0.3) is 10.9 Å². The van der Waals surface area contributed by atoms with Crippen molar-refractivity contribution in [3.8, 4) is 0 Å². The number of rotatable bonds is 6. The second-order valence-corrected chi connectivity index (χ2v) is 9.38. The van der Waals surface area contributed by atoms with E-state index in [0.29, 0.717) is 16.2 Å². The molecule has 0 fully saturated rings. The quantitative estimate of drug-likeness (QED) is 0.603. The van der Waals surface area contributed by atoms with Gasteiger partial charge < -0.3 is 10.3 Å². The lowest BCUT2D eigenvalue weighted by Gasteiger charge is -2.20. The molecule has 9 heteroatoms. The third kappa shape index (κ3) is 4.20. The van der Waals surface area contributed by atoms with Crippen molar-refractivity contribution >= 4 is 44.1 Å². The van der Waals surface area contributed by atoms with Gasteiger partial charge in [0.15, 0.2) is 0 Å². The maximum absolute atomic E-state index is 13.1. The van der Waals surface area contributed by atoms with Gasteiger partial charge in [-0.05, 0) is 55.8 Å². The van der Waals surface area contributed by atoms with Crippen molar-refractivity contribution < 1.29 is 13.2 Å². The van der Waals surface area contributed by atoms with Crippen LogP contribution in [0.5, 0.6) is 0 Å². The molecule has 30 heavy (non-hydrogen) atoms. The van der Waals surface area contributed by atoms with Gasteiger partial charge in [0.05, 0.1) is 10.6 Å². The number of hydrogen-bond acceptors (Lipinski definition) is 4. The number of fused-ring (bicyclic) bond motifs is 1. The zero-order chi connectivity index (χ0) is 22.1. The number of hydrogen-bond donors (Lipinski definition) is 2. The number of aromatic amines is 1. The molecule has 0 aliphatic heterocycles. The van der Waals surface area contributed by atoms with Gasteiger partial charge in [0.25, 0.3) is 15.9 Å². The van der Waals surface area contributed by atoms with Crippen LogP contribution in [0.1, 0.15) is 30.6 Å². The molecule has 3 rings (SSSR count). The molecule has 0 bridgehead atoms. The van der Waals surface area contributed by atoms with Crippen LogP contribution >= 0.6 is 11.6 Å². The summed E-state index contributed by atoms with van der Waals surface area (Å²) in [6, 6.07) is 10.5. The summed E-state index contributed by atoms with van der Waals surface area (Å²) in [5.41, 5.74) is 0.266. The lowest BCUT2D eigenvalue weighted by atomic mass is 10.1. The number of benzene rings is 2. The number of carbonyl (C=O) groups excluding carboxylic acids is 1. The molecule has 0 aliphatic carbocycles. The van der Waals surface area contributed by atoms with Crippen molar-refractivity contribution in [2.45, 2.75) is 31.2 Å². The van der Waals surface area contributed by atoms with Gasteiger partial charge in [0, 0.05) is 35.2 Å². The maximum Gasteiger partial charge on any atom is 0.264 e. The average molecular weight is 448 g/mol. The van der Waals surface area contributed by atoms with E-state index in [-0.39, 0.29) is 21.9 Å². The second kappa shape index (κ2) is 8.49. The van der Waals surface area contributed by atoms with Crippen molar-refractivity contribution in [1.29, 1.82) is 0 Å². The number of amides is 1. The molecule has 1 heterocycles. The molecule has 0 aliphatic rings. The highest BCUT2D eigenvalue weighted by molar-refractivity contribution is 7.92. The van der Waals surface area contributed by atoms with E-state index >= 15 is 0 Å². The summed E-state index contributed by atoms with van der Waals surface area (Å²) in [7, 11) is -2.51. The Bertz CT molecular complexity index is 1250. The molecule has 0 unspecified atom stereocenters. The Morgan fingerprint density at radius 1 is 1.20 bits per heavy atom. The van der Waals surface area contributed by atoms with Crippen molar-refractivity contribution in [3.63, 3.8) is 0 Å². The van der Waals surface area contributed by atoms with Gasteiger partial charge in [0.2, 0.25) is 5.43 Å². The highest BCUT2D eigenvalue weighted by atomic mass is 35.5. The van der Waals surface area contributed by atoms with Gasteiger partial charge in [-0.1, -0.05) is 18.5 Å². The van der Waals surface area contributed by atoms with E-state index in [1.165, 1.54) is 31.4 Å². The van der Waals surface area contributed by atoms with E-state index in [4.69, 9.17) is 11.6 Å². The van der Waals surface area contributed by atoms with Crippen molar-refractivity contribution in [1.82, 2.24) is 10.3 Å². The van der Waals surface area contributed by atoms with Gasteiger partial charge in [0.1, 0.15) is 5.56 Å². The van der Waals surface area contributed by atoms with Crippen LogP contribution in [0.2, 0.25) is 5.02 Å². The molecule has 0 spiro atoms. The van der Waals surface area contributed by atoms with Crippen molar-refractivity contribution in [2.24, 2.45) is 0 Å². The van der Waals surface area contributed by atoms with E-state index in [1.54, 1.807) is 24.3 Å². The Balaban J connectivity index is 2.05. The van der Waals surface area contributed by atoms with Gasteiger partial charge in [-0.2, -0.15) is 0 Å². The van der Waals surface area contributed by atoms with Crippen LogP contribution in [-0.4, -0.2) is 32.4 Å². The van der Waals surface area contributed by atoms with Gasteiger partial charge >= 0.3 is 0 Å². The van der Waals surface area contributed by atoms with Crippen LogP contribution in [0.4, 0.5) is 5.69 Å². The SMILES string of the molecule is CC[C@@H](C)NC(=O)c1c[nH]c2ccc(S(=O)(=O)N(C)c3ccc(Cl)cc3)cc2c1=O. The number of carbonyl (C=O) groups is 1. The Morgan fingerprint density at radius 2 is 1.87 bits per heavy atom. The summed E-state index contributed by atoms with van der Waals surface area (Å²) in [6.07, 6.45) is 2.06. The minimum Gasteiger partial charge on any atom is -0.360 e. The Hall–Kier alpha value is -2.84. The van der Waals surface area contributed by atoms with Crippen molar-refractivity contribution in [3.05, 3.63) is 69.5 Å². The monoisotopic (exact) mass is 447 g/mol. The Labute approximate surface area is 179 Å². The molecule has 0 saturated heterocycles. The van der Waals surface area contributed by atoms with E-state index in [0.717, 1.165) is 10.7 Å². The summed E-state index contributed by atoms with van der Waals surface area (Å²) >= 11 is 5.87. The predicted octanol–water partition coefficient (Wildman–Crippen LogP) is 3.53. The molecule has 3 aromatic rings. The van der Waals surface area contributed by atoms with Crippen molar-refractivity contribution in [2.75, 3.05) is 11.4 Å². The van der Waals surface area contributed by atoms with E-state index in [2.05, 4.69) is 10.3 Å². The largest absolute Gasteiger partial charge is 0.360 e. The third-order valence-corrected chi connectivity index (χ3v) is 6.97. The number of aromatic nitrogens is 1. The van der Waals surface area contributed by atoms with Gasteiger partial charge in [-0.25, -0.2) is 8.42 Å². The highest BCUT2D eigenvalue weighted by Gasteiger charge is 2.23. The standard InChI is InChI=1S/C21H22ClN3O4S/c1-4-13(2)24-21(27)18-12-23-19-10-9-16(11-17(19)20(18)26)30(28,29)25(3)15-7-5-14(22)6-8-15/h5-13H,4H2,1-3H3,(H,23,26)(H,24,27)/t13-/m1/s1.